The fourth-order valence-corrected chi connectivity index (χ4v) is 3.09. The number of fused-ring (bicyclic) bond motifs is 1. The number of amides is 1. The van der Waals surface area contributed by atoms with E-state index in [1.807, 2.05) is 24.3 Å². The van der Waals surface area contributed by atoms with Gasteiger partial charge in [-0.15, -0.1) is 0 Å². The van der Waals surface area contributed by atoms with Crippen molar-refractivity contribution in [1.29, 1.82) is 0 Å². The number of benzene rings is 2. The molecule has 2 aromatic carbocycles. The van der Waals surface area contributed by atoms with Crippen LogP contribution in [0.2, 0.25) is 0 Å². The van der Waals surface area contributed by atoms with Crippen LogP contribution >= 0.6 is 0 Å². The second kappa shape index (κ2) is 7.61. The monoisotopic (exact) mass is 347 g/mol. The molecule has 0 fully saturated rings. The molecule has 0 saturated carbocycles. The first-order chi connectivity index (χ1) is 12.0. The highest BCUT2D eigenvalue weighted by Crippen LogP contribution is 2.31. The fraction of sp³-hybridized carbons (Fsp3) is 0.316. The number of hydrogen-bond donors (Lipinski definition) is 2. The number of nitrogens with one attached hydrogen (secondary N) is 1. The molecule has 1 aliphatic rings. The predicted octanol–water partition coefficient (Wildman–Crippen LogP) is 3.00. The normalized spacial score (nSPS) is 18.9. The minimum absolute atomic E-state index is 0.0916. The number of aryl methyl sites for hydroxylation is 1. The van der Waals surface area contributed by atoms with Crippen molar-refractivity contribution < 1.29 is 23.4 Å². The van der Waals surface area contributed by atoms with Gasteiger partial charge < -0.3 is 15.2 Å². The van der Waals surface area contributed by atoms with E-state index < -0.39 is 12.7 Å². The third-order valence-electron chi connectivity index (χ3n) is 4.31. The van der Waals surface area contributed by atoms with E-state index in [1.54, 1.807) is 12.1 Å². The van der Waals surface area contributed by atoms with Crippen LogP contribution in [0.4, 0.5) is 8.78 Å². The molecule has 2 unspecified atom stereocenters. The van der Waals surface area contributed by atoms with Gasteiger partial charge in [0.05, 0.1) is 12.1 Å². The number of rotatable bonds is 6. The molecule has 0 spiro atoms. The SMILES string of the molecule is O=C(CCc1ccc(OC(F)F)cc1)NC1c2ccccc2CC1O. The van der Waals surface area contributed by atoms with E-state index in [0.29, 0.717) is 12.8 Å². The Balaban J connectivity index is 1.53. The van der Waals surface area contributed by atoms with Crippen LogP contribution in [0.15, 0.2) is 48.5 Å². The van der Waals surface area contributed by atoms with Crippen molar-refractivity contribution in [2.24, 2.45) is 0 Å². The topological polar surface area (TPSA) is 58.6 Å². The molecule has 0 aromatic heterocycles. The molecule has 1 aliphatic carbocycles. The van der Waals surface area contributed by atoms with Crippen LogP contribution in [0.5, 0.6) is 5.75 Å². The second-order valence-electron chi connectivity index (χ2n) is 6.04. The molecule has 6 heteroatoms. The summed E-state index contributed by atoms with van der Waals surface area (Å²) in [4.78, 5) is 12.2. The summed E-state index contributed by atoms with van der Waals surface area (Å²) in [6.07, 6.45) is 0.644. The van der Waals surface area contributed by atoms with Crippen LogP contribution in [0.25, 0.3) is 0 Å². The summed E-state index contributed by atoms with van der Waals surface area (Å²) in [5.74, 6) is -0.0671. The first-order valence-corrected chi connectivity index (χ1v) is 8.12. The van der Waals surface area contributed by atoms with Crippen LogP contribution in [-0.2, 0) is 17.6 Å². The maximum absolute atomic E-state index is 12.2. The molecule has 2 aromatic rings. The third kappa shape index (κ3) is 4.33. The van der Waals surface area contributed by atoms with E-state index >= 15 is 0 Å². The number of aliphatic hydroxyl groups is 1. The molecule has 1 amide bonds. The van der Waals surface area contributed by atoms with Crippen LogP contribution in [0.1, 0.15) is 29.2 Å². The number of carbonyl (C=O) groups is 1. The third-order valence-corrected chi connectivity index (χ3v) is 4.31. The average molecular weight is 347 g/mol. The number of hydrogen-bond acceptors (Lipinski definition) is 3. The molecule has 2 N–H and O–H groups in total. The van der Waals surface area contributed by atoms with Gasteiger partial charge in [-0.1, -0.05) is 36.4 Å². The Kier molecular flexibility index (Phi) is 5.28. The number of ether oxygens (including phenoxy) is 1. The zero-order chi connectivity index (χ0) is 17.8. The fourth-order valence-electron chi connectivity index (χ4n) is 3.09. The minimum atomic E-state index is -2.85. The molecular formula is C19H19F2NO3. The first kappa shape index (κ1) is 17.4. The van der Waals surface area contributed by atoms with E-state index in [4.69, 9.17) is 0 Å². The summed E-state index contributed by atoms with van der Waals surface area (Å²) < 4.78 is 28.5. The summed E-state index contributed by atoms with van der Waals surface area (Å²) in [6, 6.07) is 13.5. The summed E-state index contributed by atoms with van der Waals surface area (Å²) in [5.41, 5.74) is 2.86. The molecule has 0 saturated heterocycles. The van der Waals surface area contributed by atoms with Gasteiger partial charge in [0.1, 0.15) is 5.75 Å². The highest BCUT2D eigenvalue weighted by molar-refractivity contribution is 5.77. The lowest BCUT2D eigenvalue weighted by atomic mass is 10.1. The predicted molar refractivity (Wildman–Crippen MR) is 88.4 cm³/mol. The van der Waals surface area contributed by atoms with Crippen molar-refractivity contribution in [3.63, 3.8) is 0 Å². The summed E-state index contributed by atoms with van der Waals surface area (Å²) in [6.45, 7) is -2.85. The maximum Gasteiger partial charge on any atom is 0.387 e. The van der Waals surface area contributed by atoms with Gasteiger partial charge in [-0.05, 0) is 35.2 Å². The minimum Gasteiger partial charge on any atom is -0.435 e. The molecular weight excluding hydrogens is 328 g/mol. The molecule has 0 aliphatic heterocycles. The molecule has 0 bridgehead atoms. The van der Waals surface area contributed by atoms with Gasteiger partial charge in [0.25, 0.3) is 0 Å². The molecule has 3 rings (SSSR count). The van der Waals surface area contributed by atoms with E-state index in [0.717, 1.165) is 16.7 Å². The van der Waals surface area contributed by atoms with Gasteiger partial charge in [0, 0.05) is 12.8 Å². The van der Waals surface area contributed by atoms with Gasteiger partial charge in [0.15, 0.2) is 0 Å². The van der Waals surface area contributed by atoms with Crippen LogP contribution in [-0.4, -0.2) is 23.7 Å². The van der Waals surface area contributed by atoms with Crippen LogP contribution < -0.4 is 10.1 Å². The summed E-state index contributed by atoms with van der Waals surface area (Å²) >= 11 is 0. The van der Waals surface area contributed by atoms with E-state index in [1.165, 1.54) is 12.1 Å². The van der Waals surface area contributed by atoms with E-state index in [9.17, 15) is 18.7 Å². The Morgan fingerprint density at radius 2 is 1.92 bits per heavy atom. The standard InChI is InChI=1S/C19H19F2NO3/c20-19(21)25-14-8-5-12(6-9-14)7-10-17(24)22-18-15-4-2-1-3-13(15)11-16(18)23/h1-6,8-9,16,18-19,23H,7,10-11H2,(H,22,24). The summed E-state index contributed by atoms with van der Waals surface area (Å²) in [5, 5.41) is 13.0. The van der Waals surface area contributed by atoms with Crippen LogP contribution in [0, 0.1) is 0 Å². The second-order valence-corrected chi connectivity index (χ2v) is 6.04. The Labute approximate surface area is 144 Å². The zero-order valence-electron chi connectivity index (χ0n) is 13.5. The Morgan fingerprint density at radius 3 is 2.64 bits per heavy atom. The maximum atomic E-state index is 12.2. The van der Waals surface area contributed by atoms with Crippen molar-refractivity contribution in [3.8, 4) is 5.75 Å². The molecule has 132 valence electrons. The van der Waals surface area contributed by atoms with Crippen molar-refractivity contribution in [3.05, 3.63) is 65.2 Å². The lowest BCUT2D eigenvalue weighted by Crippen LogP contribution is -2.33. The van der Waals surface area contributed by atoms with Gasteiger partial charge >= 0.3 is 6.61 Å². The van der Waals surface area contributed by atoms with Crippen molar-refractivity contribution >= 4 is 5.91 Å². The molecule has 0 radical (unpaired) electrons. The largest absolute Gasteiger partial charge is 0.435 e. The lowest BCUT2D eigenvalue weighted by molar-refractivity contribution is -0.122. The zero-order valence-corrected chi connectivity index (χ0v) is 13.5. The van der Waals surface area contributed by atoms with Crippen molar-refractivity contribution in [2.45, 2.75) is 38.0 Å². The number of carbonyl (C=O) groups excluding carboxylic acids is 1. The molecule has 4 nitrogen and oxygen atoms in total. The van der Waals surface area contributed by atoms with E-state index in [-0.39, 0.29) is 24.1 Å². The van der Waals surface area contributed by atoms with Gasteiger partial charge in [-0.2, -0.15) is 8.78 Å². The smallest absolute Gasteiger partial charge is 0.387 e. The van der Waals surface area contributed by atoms with Crippen molar-refractivity contribution in [1.82, 2.24) is 5.32 Å². The molecule has 25 heavy (non-hydrogen) atoms. The van der Waals surface area contributed by atoms with Crippen molar-refractivity contribution in [2.75, 3.05) is 0 Å². The average Bonchev–Trinajstić information content (AvgIpc) is 2.89. The van der Waals surface area contributed by atoms with Gasteiger partial charge in [0.2, 0.25) is 5.91 Å². The van der Waals surface area contributed by atoms with Crippen LogP contribution in [0.3, 0.4) is 0 Å². The first-order valence-electron chi connectivity index (χ1n) is 8.12. The number of alkyl halides is 2. The van der Waals surface area contributed by atoms with E-state index in [2.05, 4.69) is 10.1 Å². The molecule has 2 atom stereocenters. The highest BCUT2D eigenvalue weighted by Gasteiger charge is 2.31. The Hall–Kier alpha value is -2.47. The lowest BCUT2D eigenvalue weighted by Gasteiger charge is -2.18. The highest BCUT2D eigenvalue weighted by atomic mass is 19.3. The Morgan fingerprint density at radius 1 is 1.20 bits per heavy atom. The van der Waals surface area contributed by atoms with Gasteiger partial charge in [-0.25, -0.2) is 0 Å². The number of halogens is 2. The van der Waals surface area contributed by atoms with Gasteiger partial charge in [-0.3, -0.25) is 4.79 Å². The molecule has 0 heterocycles. The number of aliphatic hydroxyl groups excluding tert-OH is 1. The quantitative estimate of drug-likeness (QED) is 0.845. The summed E-state index contributed by atoms with van der Waals surface area (Å²) in [7, 11) is 0. The Bertz CT molecular complexity index is 734.